The Morgan fingerprint density at radius 1 is 1.20 bits per heavy atom. The van der Waals surface area contributed by atoms with Gasteiger partial charge in [-0.15, -0.1) is 0 Å². The van der Waals surface area contributed by atoms with Crippen molar-refractivity contribution in [3.05, 3.63) is 58.0 Å². The van der Waals surface area contributed by atoms with Gasteiger partial charge in [0.25, 0.3) is 0 Å². The molecule has 0 spiro atoms. The number of benzene rings is 1. The fourth-order valence-corrected chi connectivity index (χ4v) is 2.59. The van der Waals surface area contributed by atoms with Gasteiger partial charge in [-0.2, -0.15) is 10.5 Å². The van der Waals surface area contributed by atoms with E-state index in [4.69, 9.17) is 26.5 Å². The minimum absolute atomic E-state index is 0.103. The highest BCUT2D eigenvalue weighted by atomic mass is 35.5. The van der Waals surface area contributed by atoms with Crippen molar-refractivity contribution in [3.8, 4) is 12.1 Å². The van der Waals surface area contributed by atoms with Crippen LogP contribution in [-0.4, -0.2) is 13.1 Å². The second-order valence-corrected chi connectivity index (χ2v) is 5.57. The molecule has 0 unspecified atom stereocenters. The van der Waals surface area contributed by atoms with E-state index in [0.29, 0.717) is 5.58 Å². The van der Waals surface area contributed by atoms with Crippen LogP contribution in [0.25, 0.3) is 16.0 Å². The molecule has 0 aliphatic rings. The predicted molar refractivity (Wildman–Crippen MR) is 99.2 cm³/mol. The minimum Gasteiger partial charge on any atom is -0.422 e. The van der Waals surface area contributed by atoms with E-state index in [1.807, 2.05) is 18.2 Å². The van der Waals surface area contributed by atoms with Crippen molar-refractivity contribution in [2.75, 3.05) is 18.0 Å². The molecule has 0 radical (unpaired) electrons. The van der Waals surface area contributed by atoms with E-state index in [9.17, 15) is 4.79 Å². The summed E-state index contributed by atoms with van der Waals surface area (Å²) in [4.78, 5) is 14.4. The van der Waals surface area contributed by atoms with Gasteiger partial charge < -0.3 is 9.32 Å². The lowest BCUT2D eigenvalue weighted by Gasteiger charge is -2.21. The van der Waals surface area contributed by atoms with Gasteiger partial charge in [0, 0.05) is 30.2 Å². The Kier molecular flexibility index (Phi) is 6.00. The summed E-state index contributed by atoms with van der Waals surface area (Å²) >= 11 is 6.13. The van der Waals surface area contributed by atoms with Crippen LogP contribution >= 0.6 is 11.6 Å². The molecule has 126 valence electrons. The van der Waals surface area contributed by atoms with E-state index in [-0.39, 0.29) is 16.2 Å². The second-order valence-electron chi connectivity index (χ2n) is 5.16. The van der Waals surface area contributed by atoms with Crippen molar-refractivity contribution in [1.29, 1.82) is 10.5 Å². The number of hydrogen-bond acceptors (Lipinski definition) is 5. The van der Waals surface area contributed by atoms with Crippen LogP contribution in [0.4, 0.5) is 5.69 Å². The Labute approximate surface area is 150 Å². The Balaban J connectivity index is 2.50. The summed E-state index contributed by atoms with van der Waals surface area (Å²) in [7, 11) is 0. The van der Waals surface area contributed by atoms with Gasteiger partial charge in [0.15, 0.2) is 0 Å². The smallest absolute Gasteiger partial charge is 0.345 e. The van der Waals surface area contributed by atoms with Gasteiger partial charge in [-0.05, 0) is 44.2 Å². The van der Waals surface area contributed by atoms with Crippen molar-refractivity contribution >= 4 is 33.3 Å². The monoisotopic (exact) mass is 353 g/mol. The van der Waals surface area contributed by atoms with E-state index in [2.05, 4.69) is 18.7 Å². The predicted octanol–water partition coefficient (Wildman–Crippen LogP) is 4.19. The first-order valence-corrected chi connectivity index (χ1v) is 8.12. The van der Waals surface area contributed by atoms with Crippen LogP contribution < -0.4 is 10.5 Å². The molecule has 5 nitrogen and oxygen atoms in total. The summed E-state index contributed by atoms with van der Waals surface area (Å²) in [5.74, 6) is 0. The fourth-order valence-electron chi connectivity index (χ4n) is 2.40. The normalized spacial score (nSPS) is 10.8. The van der Waals surface area contributed by atoms with Crippen LogP contribution in [0.2, 0.25) is 0 Å². The van der Waals surface area contributed by atoms with Crippen LogP contribution in [0.5, 0.6) is 0 Å². The molecule has 0 aliphatic carbocycles. The van der Waals surface area contributed by atoms with Gasteiger partial charge in [-0.1, -0.05) is 11.6 Å². The summed E-state index contributed by atoms with van der Waals surface area (Å²) in [6.45, 7) is 5.82. The number of rotatable bonds is 5. The zero-order valence-corrected chi connectivity index (χ0v) is 14.7. The summed E-state index contributed by atoms with van der Waals surface area (Å²) in [6, 6.07) is 10.7. The summed E-state index contributed by atoms with van der Waals surface area (Å²) in [5.41, 5.74) is 0.955. The van der Waals surface area contributed by atoms with E-state index < -0.39 is 5.63 Å². The number of halogens is 1. The number of allylic oxidation sites excluding steroid dienone is 3. The third-order valence-electron chi connectivity index (χ3n) is 3.74. The van der Waals surface area contributed by atoms with Crippen LogP contribution in [0.1, 0.15) is 19.4 Å². The standard InChI is InChI=1S/C19H16ClN3O2/c1-3-23(4-2)15-7-6-14-9-16(19(24)25-18(14)10-15)17(20)8-5-13(11-21)12-22/h5-10H,3-4H2,1-2H3/b17-8-. The Morgan fingerprint density at radius 2 is 1.88 bits per heavy atom. The van der Waals surface area contributed by atoms with Gasteiger partial charge in [-0.3, -0.25) is 0 Å². The van der Waals surface area contributed by atoms with E-state index in [1.54, 1.807) is 18.2 Å². The summed E-state index contributed by atoms with van der Waals surface area (Å²) in [5, 5.41) is 18.3. The molecular weight excluding hydrogens is 338 g/mol. The summed E-state index contributed by atoms with van der Waals surface area (Å²) < 4.78 is 5.40. The largest absolute Gasteiger partial charge is 0.422 e. The molecule has 1 heterocycles. The molecule has 0 amide bonds. The van der Waals surface area contributed by atoms with Crippen molar-refractivity contribution in [3.63, 3.8) is 0 Å². The first-order chi connectivity index (χ1) is 12.0. The Bertz CT molecular complexity index is 970. The molecule has 0 saturated carbocycles. The van der Waals surface area contributed by atoms with E-state index in [1.165, 1.54) is 12.2 Å². The SMILES string of the molecule is CCN(CC)c1ccc2cc(/C(Cl)=C/C=C(C#N)C#N)c(=O)oc2c1. The molecule has 1 aromatic carbocycles. The zero-order chi connectivity index (χ0) is 18.4. The second kappa shape index (κ2) is 8.19. The van der Waals surface area contributed by atoms with Crippen LogP contribution in [0.15, 0.2) is 51.2 Å². The maximum atomic E-state index is 12.2. The van der Waals surface area contributed by atoms with E-state index >= 15 is 0 Å². The van der Waals surface area contributed by atoms with Crippen LogP contribution in [0, 0.1) is 22.7 Å². The molecule has 0 fully saturated rings. The number of anilines is 1. The molecule has 0 atom stereocenters. The molecular formula is C19H16ClN3O2. The van der Waals surface area contributed by atoms with Crippen molar-refractivity contribution in [2.24, 2.45) is 0 Å². The molecule has 1 aromatic heterocycles. The average molecular weight is 354 g/mol. The third-order valence-corrected chi connectivity index (χ3v) is 4.07. The maximum Gasteiger partial charge on any atom is 0.345 e. The fraction of sp³-hybridized carbons (Fsp3) is 0.211. The molecule has 25 heavy (non-hydrogen) atoms. The third kappa shape index (κ3) is 4.09. The molecule has 2 aromatic rings. The van der Waals surface area contributed by atoms with Crippen molar-refractivity contribution < 1.29 is 4.42 Å². The molecule has 6 heteroatoms. The van der Waals surface area contributed by atoms with Crippen LogP contribution in [0.3, 0.4) is 0 Å². The highest BCUT2D eigenvalue weighted by Crippen LogP contribution is 2.25. The molecule has 2 rings (SSSR count). The molecule has 0 aliphatic heterocycles. The maximum absolute atomic E-state index is 12.2. The zero-order valence-electron chi connectivity index (χ0n) is 13.9. The van der Waals surface area contributed by atoms with Gasteiger partial charge in [0.1, 0.15) is 23.3 Å². The molecule has 0 saturated heterocycles. The van der Waals surface area contributed by atoms with Gasteiger partial charge >= 0.3 is 5.63 Å². The van der Waals surface area contributed by atoms with Gasteiger partial charge in [-0.25, -0.2) is 4.79 Å². The number of nitriles is 2. The quantitative estimate of drug-likeness (QED) is 0.457. The lowest BCUT2D eigenvalue weighted by Crippen LogP contribution is -2.21. The first-order valence-electron chi connectivity index (χ1n) is 7.74. The number of hydrogen-bond donors (Lipinski definition) is 0. The Morgan fingerprint density at radius 3 is 2.48 bits per heavy atom. The lowest BCUT2D eigenvalue weighted by atomic mass is 10.1. The van der Waals surface area contributed by atoms with E-state index in [0.717, 1.165) is 24.2 Å². The molecule has 0 bridgehead atoms. The van der Waals surface area contributed by atoms with Crippen molar-refractivity contribution in [1.82, 2.24) is 0 Å². The Hall–Kier alpha value is -3.02. The molecule has 0 N–H and O–H groups in total. The lowest BCUT2D eigenvalue weighted by molar-refractivity contribution is 0.559. The van der Waals surface area contributed by atoms with Gasteiger partial charge in [0.05, 0.1) is 10.6 Å². The summed E-state index contributed by atoms with van der Waals surface area (Å²) in [6.07, 6.45) is 2.60. The minimum atomic E-state index is -0.575. The highest BCUT2D eigenvalue weighted by molar-refractivity contribution is 6.48. The number of fused-ring (bicyclic) bond motifs is 1. The topological polar surface area (TPSA) is 81.0 Å². The van der Waals surface area contributed by atoms with Gasteiger partial charge in [0.2, 0.25) is 0 Å². The van der Waals surface area contributed by atoms with Crippen LogP contribution in [-0.2, 0) is 0 Å². The first kappa shape index (κ1) is 18.3. The average Bonchev–Trinajstić information content (AvgIpc) is 2.62. The van der Waals surface area contributed by atoms with Crippen molar-refractivity contribution in [2.45, 2.75) is 13.8 Å². The number of nitrogens with zero attached hydrogens (tertiary/aromatic N) is 3. The highest BCUT2D eigenvalue weighted by Gasteiger charge is 2.10.